The van der Waals surface area contributed by atoms with Crippen LogP contribution in [0.4, 0.5) is 0 Å². The molecule has 0 atom stereocenters. The van der Waals surface area contributed by atoms with Crippen molar-refractivity contribution >= 4 is 0 Å². The predicted octanol–water partition coefficient (Wildman–Crippen LogP) is 4.48. The molecule has 1 aliphatic heterocycles. The van der Waals surface area contributed by atoms with Crippen molar-refractivity contribution in [2.75, 3.05) is 7.11 Å². The highest BCUT2D eigenvalue weighted by atomic mass is 16.5. The molecule has 0 aliphatic carbocycles. The third-order valence-electron chi connectivity index (χ3n) is 3.34. The van der Waals surface area contributed by atoms with Crippen molar-refractivity contribution in [3.05, 3.63) is 35.6 Å². The zero-order valence-corrected chi connectivity index (χ0v) is 11.4. The molecule has 2 rings (SSSR count). The average molecular weight is 246 g/mol. The summed E-state index contributed by atoms with van der Waals surface area (Å²) in [5.41, 5.74) is 1.21. The molecule has 0 fully saturated rings. The summed E-state index contributed by atoms with van der Waals surface area (Å²) in [6.45, 7) is 2.23. The molecular weight excluding hydrogens is 224 g/mol. The van der Waals surface area contributed by atoms with Crippen molar-refractivity contribution in [2.45, 2.75) is 45.4 Å². The van der Waals surface area contributed by atoms with Gasteiger partial charge in [0.1, 0.15) is 5.76 Å². The van der Waals surface area contributed by atoms with Gasteiger partial charge in [0.2, 0.25) is 0 Å². The van der Waals surface area contributed by atoms with Crippen molar-refractivity contribution in [3.63, 3.8) is 0 Å². The molecule has 1 heterocycles. The van der Waals surface area contributed by atoms with Crippen molar-refractivity contribution in [1.29, 1.82) is 0 Å². The predicted molar refractivity (Wildman–Crippen MR) is 74.2 cm³/mol. The maximum absolute atomic E-state index is 5.97. The largest absolute Gasteiger partial charge is 0.493 e. The third-order valence-corrected chi connectivity index (χ3v) is 3.34. The highest BCUT2D eigenvalue weighted by Crippen LogP contribution is 2.36. The summed E-state index contributed by atoms with van der Waals surface area (Å²) < 4.78 is 11.3. The summed E-state index contributed by atoms with van der Waals surface area (Å²) in [6, 6.07) is 6.07. The molecule has 0 unspecified atom stereocenters. The van der Waals surface area contributed by atoms with E-state index in [0.29, 0.717) is 0 Å². The minimum absolute atomic E-state index is 0.839. The third kappa shape index (κ3) is 3.06. The molecule has 0 amide bonds. The van der Waals surface area contributed by atoms with Gasteiger partial charge in [0.25, 0.3) is 0 Å². The summed E-state index contributed by atoms with van der Waals surface area (Å²) in [7, 11) is 1.69. The van der Waals surface area contributed by atoms with Gasteiger partial charge in [-0.1, -0.05) is 38.3 Å². The van der Waals surface area contributed by atoms with Gasteiger partial charge in [0.05, 0.1) is 7.11 Å². The molecule has 0 N–H and O–H groups in total. The van der Waals surface area contributed by atoms with Crippen LogP contribution in [-0.2, 0) is 6.42 Å². The molecule has 1 aromatic carbocycles. The number of allylic oxidation sites excluding steroid dienone is 2. The summed E-state index contributed by atoms with van der Waals surface area (Å²) in [6.07, 6.45) is 9.28. The van der Waals surface area contributed by atoms with E-state index < -0.39 is 0 Å². The number of rotatable bonds is 6. The first kappa shape index (κ1) is 13.0. The molecule has 1 aliphatic rings. The zero-order chi connectivity index (χ0) is 12.8. The molecule has 0 saturated carbocycles. The Morgan fingerprint density at radius 1 is 1.22 bits per heavy atom. The molecule has 2 heteroatoms. The first-order valence-electron chi connectivity index (χ1n) is 6.88. The van der Waals surface area contributed by atoms with Gasteiger partial charge in [-0.2, -0.15) is 0 Å². The van der Waals surface area contributed by atoms with Crippen LogP contribution in [-0.4, -0.2) is 7.11 Å². The Labute approximate surface area is 110 Å². The molecule has 18 heavy (non-hydrogen) atoms. The Hall–Kier alpha value is -1.44. The second-order valence-corrected chi connectivity index (χ2v) is 4.74. The molecule has 2 nitrogen and oxygen atoms in total. The number of ether oxygens (including phenoxy) is 2. The molecule has 98 valence electrons. The lowest BCUT2D eigenvalue weighted by Crippen LogP contribution is -2.06. The van der Waals surface area contributed by atoms with Crippen LogP contribution in [0.15, 0.2) is 30.0 Å². The van der Waals surface area contributed by atoms with Gasteiger partial charge < -0.3 is 9.47 Å². The van der Waals surface area contributed by atoms with E-state index in [-0.39, 0.29) is 0 Å². The van der Waals surface area contributed by atoms with E-state index in [9.17, 15) is 0 Å². The number of para-hydroxylation sites is 1. The van der Waals surface area contributed by atoms with Crippen LogP contribution in [0.5, 0.6) is 11.5 Å². The fourth-order valence-electron chi connectivity index (χ4n) is 2.27. The van der Waals surface area contributed by atoms with E-state index in [1.54, 1.807) is 7.11 Å². The van der Waals surface area contributed by atoms with Crippen molar-refractivity contribution in [3.8, 4) is 11.5 Å². The van der Waals surface area contributed by atoms with E-state index in [1.165, 1.54) is 31.2 Å². The van der Waals surface area contributed by atoms with Crippen LogP contribution in [0.1, 0.15) is 44.6 Å². The summed E-state index contributed by atoms with van der Waals surface area (Å²) in [4.78, 5) is 0. The van der Waals surface area contributed by atoms with Gasteiger partial charge in [0, 0.05) is 12.0 Å². The smallest absolute Gasteiger partial charge is 0.172 e. The summed E-state index contributed by atoms with van der Waals surface area (Å²) in [5, 5.41) is 0. The van der Waals surface area contributed by atoms with Crippen LogP contribution in [0.25, 0.3) is 0 Å². The normalized spacial score (nSPS) is 13.6. The van der Waals surface area contributed by atoms with E-state index in [2.05, 4.69) is 19.1 Å². The molecule has 0 aromatic heterocycles. The lowest BCUT2D eigenvalue weighted by Gasteiger charge is -2.20. The number of hydrogen-bond donors (Lipinski definition) is 0. The Morgan fingerprint density at radius 2 is 2.11 bits per heavy atom. The number of methoxy groups -OCH3 is 1. The van der Waals surface area contributed by atoms with Crippen molar-refractivity contribution < 1.29 is 9.47 Å². The van der Waals surface area contributed by atoms with Gasteiger partial charge in [-0.3, -0.25) is 0 Å². The number of hydrogen-bond acceptors (Lipinski definition) is 2. The number of unbranched alkanes of at least 4 members (excludes halogenated alkanes) is 3. The minimum atomic E-state index is 0.839. The average Bonchev–Trinajstić information content (AvgIpc) is 2.43. The van der Waals surface area contributed by atoms with Crippen LogP contribution >= 0.6 is 0 Å². The van der Waals surface area contributed by atoms with Crippen molar-refractivity contribution in [1.82, 2.24) is 0 Å². The summed E-state index contributed by atoms with van der Waals surface area (Å²) in [5.74, 6) is 2.85. The van der Waals surface area contributed by atoms with Gasteiger partial charge in [0.15, 0.2) is 11.5 Å². The first-order valence-corrected chi connectivity index (χ1v) is 6.88. The van der Waals surface area contributed by atoms with Gasteiger partial charge in [-0.15, -0.1) is 0 Å². The van der Waals surface area contributed by atoms with Crippen molar-refractivity contribution in [2.24, 2.45) is 0 Å². The monoisotopic (exact) mass is 246 g/mol. The Kier molecular flexibility index (Phi) is 4.68. The topological polar surface area (TPSA) is 18.5 Å². The SMILES string of the molecule is CCCCCCC1=CCc2cccc(OC)c2O1. The lowest BCUT2D eigenvalue weighted by molar-refractivity contribution is 0.339. The standard InChI is InChI=1S/C16H22O2/c1-3-4-5-6-9-14-12-11-13-8-7-10-15(17-2)16(13)18-14/h7-8,10,12H,3-6,9,11H2,1-2H3. The van der Waals surface area contributed by atoms with Crippen LogP contribution in [0.2, 0.25) is 0 Å². The fraction of sp³-hybridized carbons (Fsp3) is 0.500. The Balaban J connectivity index is 1.96. The van der Waals surface area contributed by atoms with Gasteiger partial charge >= 0.3 is 0 Å². The van der Waals surface area contributed by atoms with Crippen LogP contribution in [0.3, 0.4) is 0 Å². The quantitative estimate of drug-likeness (QED) is 0.689. The maximum atomic E-state index is 5.97. The molecule has 1 aromatic rings. The molecule has 0 spiro atoms. The highest BCUT2D eigenvalue weighted by molar-refractivity contribution is 5.49. The zero-order valence-electron chi connectivity index (χ0n) is 11.4. The molecule has 0 saturated heterocycles. The van der Waals surface area contributed by atoms with E-state index in [4.69, 9.17) is 9.47 Å². The molecule has 0 bridgehead atoms. The Bertz CT molecular complexity index is 421. The Morgan fingerprint density at radius 3 is 2.89 bits per heavy atom. The summed E-state index contributed by atoms with van der Waals surface area (Å²) >= 11 is 0. The number of benzene rings is 1. The maximum Gasteiger partial charge on any atom is 0.172 e. The second kappa shape index (κ2) is 6.48. The minimum Gasteiger partial charge on any atom is -0.493 e. The molecular formula is C16H22O2. The fourth-order valence-corrected chi connectivity index (χ4v) is 2.27. The number of fused-ring (bicyclic) bond motifs is 1. The van der Waals surface area contributed by atoms with Gasteiger partial charge in [-0.25, -0.2) is 0 Å². The second-order valence-electron chi connectivity index (χ2n) is 4.74. The lowest BCUT2D eigenvalue weighted by atomic mass is 10.0. The highest BCUT2D eigenvalue weighted by Gasteiger charge is 2.16. The van der Waals surface area contributed by atoms with Crippen LogP contribution in [0, 0.1) is 0 Å². The van der Waals surface area contributed by atoms with E-state index in [0.717, 1.165) is 30.1 Å². The van der Waals surface area contributed by atoms with E-state index >= 15 is 0 Å². The molecule has 0 radical (unpaired) electrons. The first-order chi connectivity index (χ1) is 8.85. The van der Waals surface area contributed by atoms with Crippen LogP contribution < -0.4 is 9.47 Å². The van der Waals surface area contributed by atoms with E-state index in [1.807, 2.05) is 12.1 Å². The van der Waals surface area contributed by atoms with Gasteiger partial charge in [-0.05, 0) is 25.0 Å².